The summed E-state index contributed by atoms with van der Waals surface area (Å²) < 4.78 is 5.18. The maximum Gasteiger partial charge on any atom is 0.118 e. The quantitative estimate of drug-likeness (QED) is 0.926. The standard InChI is InChI=1S/C19H27NO2/c1-22-17-9-7-16(8-10-17)5-3-13-20-14-4-12-19(15-20)11-2-6-18(19)21/h3,5,7-10,18,21H,2,4,6,11-15H2,1H3/t18-,19-/m1/s1. The zero-order valence-electron chi connectivity index (χ0n) is 13.5. The molecule has 1 N–H and O–H groups in total. The molecule has 120 valence electrons. The normalized spacial score (nSPS) is 29.5. The number of hydrogen-bond donors (Lipinski definition) is 1. The molecule has 0 aromatic heterocycles. The van der Waals surface area contributed by atoms with Crippen molar-refractivity contribution < 1.29 is 9.84 Å². The van der Waals surface area contributed by atoms with Gasteiger partial charge in [0.2, 0.25) is 0 Å². The monoisotopic (exact) mass is 301 g/mol. The number of hydrogen-bond acceptors (Lipinski definition) is 3. The Bertz CT molecular complexity index is 511. The van der Waals surface area contributed by atoms with Gasteiger partial charge in [-0.2, -0.15) is 0 Å². The molecule has 0 radical (unpaired) electrons. The van der Waals surface area contributed by atoms with Gasteiger partial charge in [0.15, 0.2) is 0 Å². The third-order valence-corrected chi connectivity index (χ3v) is 5.34. The van der Waals surface area contributed by atoms with Crippen LogP contribution in [0.4, 0.5) is 0 Å². The fraction of sp³-hybridized carbons (Fsp3) is 0.579. The third-order valence-electron chi connectivity index (χ3n) is 5.34. The first-order chi connectivity index (χ1) is 10.7. The molecular weight excluding hydrogens is 274 g/mol. The van der Waals surface area contributed by atoms with Crippen molar-refractivity contribution in [3.05, 3.63) is 35.9 Å². The lowest BCUT2D eigenvalue weighted by molar-refractivity contribution is -0.00596. The highest BCUT2D eigenvalue weighted by molar-refractivity contribution is 5.50. The molecule has 0 bridgehead atoms. The lowest BCUT2D eigenvalue weighted by Crippen LogP contribution is -2.47. The van der Waals surface area contributed by atoms with Crippen LogP contribution in [-0.2, 0) is 0 Å². The summed E-state index contributed by atoms with van der Waals surface area (Å²) in [5, 5.41) is 10.3. The first-order valence-electron chi connectivity index (χ1n) is 8.43. The van der Waals surface area contributed by atoms with E-state index in [0.717, 1.165) is 31.8 Å². The van der Waals surface area contributed by atoms with Crippen molar-refractivity contribution in [1.29, 1.82) is 0 Å². The van der Waals surface area contributed by atoms with Gasteiger partial charge in [-0.25, -0.2) is 0 Å². The Kier molecular flexibility index (Phi) is 4.84. The molecule has 2 fully saturated rings. The van der Waals surface area contributed by atoms with Crippen LogP contribution in [0.5, 0.6) is 5.75 Å². The molecule has 22 heavy (non-hydrogen) atoms. The summed E-state index contributed by atoms with van der Waals surface area (Å²) in [4.78, 5) is 2.50. The van der Waals surface area contributed by atoms with Crippen molar-refractivity contribution in [2.24, 2.45) is 5.41 Å². The number of piperidine rings is 1. The van der Waals surface area contributed by atoms with Crippen LogP contribution >= 0.6 is 0 Å². The number of aliphatic hydroxyl groups is 1. The van der Waals surface area contributed by atoms with Crippen LogP contribution in [0.25, 0.3) is 6.08 Å². The molecule has 1 saturated heterocycles. The zero-order valence-corrected chi connectivity index (χ0v) is 13.5. The topological polar surface area (TPSA) is 32.7 Å². The summed E-state index contributed by atoms with van der Waals surface area (Å²) in [6, 6.07) is 8.14. The van der Waals surface area contributed by atoms with E-state index in [1.807, 2.05) is 12.1 Å². The van der Waals surface area contributed by atoms with Gasteiger partial charge in [-0.15, -0.1) is 0 Å². The average Bonchev–Trinajstić information content (AvgIpc) is 2.88. The largest absolute Gasteiger partial charge is 0.497 e. The van der Waals surface area contributed by atoms with E-state index in [1.54, 1.807) is 7.11 Å². The van der Waals surface area contributed by atoms with Crippen molar-refractivity contribution >= 4 is 6.08 Å². The van der Waals surface area contributed by atoms with Crippen LogP contribution in [0.2, 0.25) is 0 Å². The second-order valence-corrected chi connectivity index (χ2v) is 6.78. The highest BCUT2D eigenvalue weighted by Gasteiger charge is 2.44. The fourth-order valence-electron chi connectivity index (χ4n) is 4.06. The first-order valence-corrected chi connectivity index (χ1v) is 8.43. The van der Waals surface area contributed by atoms with Crippen LogP contribution in [-0.4, -0.2) is 42.9 Å². The van der Waals surface area contributed by atoms with E-state index >= 15 is 0 Å². The second kappa shape index (κ2) is 6.84. The highest BCUT2D eigenvalue weighted by Crippen LogP contribution is 2.44. The number of ether oxygens (including phenoxy) is 1. The Hall–Kier alpha value is -1.32. The van der Waals surface area contributed by atoms with E-state index in [-0.39, 0.29) is 11.5 Å². The Morgan fingerprint density at radius 3 is 2.73 bits per heavy atom. The van der Waals surface area contributed by atoms with E-state index in [4.69, 9.17) is 4.74 Å². The molecule has 0 unspecified atom stereocenters. The van der Waals surface area contributed by atoms with Crippen LogP contribution < -0.4 is 4.74 Å². The predicted octanol–water partition coefficient (Wildman–Crippen LogP) is 3.34. The van der Waals surface area contributed by atoms with E-state index in [9.17, 15) is 5.11 Å². The van der Waals surface area contributed by atoms with Gasteiger partial charge >= 0.3 is 0 Å². The fourth-order valence-corrected chi connectivity index (χ4v) is 4.06. The van der Waals surface area contributed by atoms with Crippen molar-refractivity contribution in [3.63, 3.8) is 0 Å². The zero-order chi connectivity index (χ0) is 15.4. The van der Waals surface area contributed by atoms with Gasteiger partial charge in [-0.1, -0.05) is 30.7 Å². The minimum absolute atomic E-state index is 0.0825. The molecule has 1 aromatic carbocycles. The maximum atomic E-state index is 10.3. The van der Waals surface area contributed by atoms with Crippen LogP contribution in [0, 0.1) is 5.41 Å². The molecule has 2 aliphatic rings. The molecule has 1 aliphatic heterocycles. The molecule has 3 nitrogen and oxygen atoms in total. The molecule has 0 amide bonds. The van der Waals surface area contributed by atoms with E-state index in [2.05, 4.69) is 29.2 Å². The number of rotatable bonds is 4. The molecule has 1 aliphatic carbocycles. The Balaban J connectivity index is 1.55. The average molecular weight is 301 g/mol. The smallest absolute Gasteiger partial charge is 0.118 e. The molecule has 1 saturated carbocycles. The number of likely N-dealkylation sites (tertiary alicyclic amines) is 1. The van der Waals surface area contributed by atoms with Gasteiger partial charge in [-0.05, 0) is 49.9 Å². The molecule has 1 heterocycles. The van der Waals surface area contributed by atoms with Crippen molar-refractivity contribution in [2.45, 2.75) is 38.2 Å². The van der Waals surface area contributed by atoms with Gasteiger partial charge in [0.05, 0.1) is 13.2 Å². The third kappa shape index (κ3) is 3.36. The summed E-state index contributed by atoms with van der Waals surface area (Å²) >= 11 is 0. The first kappa shape index (κ1) is 15.6. The molecule has 1 aromatic rings. The molecule has 3 rings (SSSR count). The molecule has 3 heteroatoms. The van der Waals surface area contributed by atoms with Crippen LogP contribution in [0.15, 0.2) is 30.3 Å². The Morgan fingerprint density at radius 2 is 2.05 bits per heavy atom. The van der Waals surface area contributed by atoms with Crippen LogP contribution in [0.3, 0.4) is 0 Å². The van der Waals surface area contributed by atoms with Gasteiger partial charge in [0.25, 0.3) is 0 Å². The highest BCUT2D eigenvalue weighted by atomic mass is 16.5. The molecule has 2 atom stereocenters. The Morgan fingerprint density at radius 1 is 1.27 bits per heavy atom. The van der Waals surface area contributed by atoms with Gasteiger partial charge in [0.1, 0.15) is 5.75 Å². The van der Waals surface area contributed by atoms with E-state index < -0.39 is 0 Å². The number of aliphatic hydroxyl groups excluding tert-OH is 1. The van der Waals surface area contributed by atoms with Crippen molar-refractivity contribution in [3.8, 4) is 5.75 Å². The molecular formula is C19H27NO2. The van der Waals surface area contributed by atoms with Crippen molar-refractivity contribution in [1.82, 2.24) is 4.90 Å². The van der Waals surface area contributed by atoms with Gasteiger partial charge in [0, 0.05) is 18.5 Å². The number of methoxy groups -OCH3 is 1. The predicted molar refractivity (Wildman–Crippen MR) is 90.0 cm³/mol. The lowest BCUT2D eigenvalue weighted by atomic mass is 9.77. The summed E-state index contributed by atoms with van der Waals surface area (Å²) in [5.41, 5.74) is 1.39. The Labute approximate surface area is 133 Å². The minimum Gasteiger partial charge on any atom is -0.497 e. The minimum atomic E-state index is -0.0825. The lowest BCUT2D eigenvalue weighted by Gasteiger charge is -2.42. The number of benzene rings is 1. The van der Waals surface area contributed by atoms with E-state index in [0.29, 0.717) is 0 Å². The van der Waals surface area contributed by atoms with Gasteiger partial charge in [-0.3, -0.25) is 4.90 Å². The van der Waals surface area contributed by atoms with Crippen LogP contribution in [0.1, 0.15) is 37.7 Å². The summed E-state index contributed by atoms with van der Waals surface area (Å²) in [7, 11) is 1.69. The number of nitrogens with zero attached hydrogens (tertiary/aromatic N) is 1. The van der Waals surface area contributed by atoms with Crippen molar-refractivity contribution in [2.75, 3.05) is 26.7 Å². The van der Waals surface area contributed by atoms with E-state index in [1.165, 1.54) is 31.2 Å². The summed E-state index contributed by atoms with van der Waals surface area (Å²) in [5.74, 6) is 0.894. The summed E-state index contributed by atoms with van der Waals surface area (Å²) in [6.45, 7) is 3.18. The maximum absolute atomic E-state index is 10.3. The van der Waals surface area contributed by atoms with Gasteiger partial charge < -0.3 is 9.84 Å². The molecule has 1 spiro atoms. The summed E-state index contributed by atoms with van der Waals surface area (Å²) in [6.07, 6.45) is 10.1. The second-order valence-electron chi connectivity index (χ2n) is 6.78. The SMILES string of the molecule is COc1ccc(C=CCN2CCC[C@]3(CCC[C@H]3O)C2)cc1.